The van der Waals surface area contributed by atoms with Crippen LogP contribution < -0.4 is 15.8 Å². The fourth-order valence-electron chi connectivity index (χ4n) is 3.24. The number of halogens is 2. The minimum atomic E-state index is -0.162. The third kappa shape index (κ3) is 13.2. The molecule has 6 nitrogen and oxygen atoms in total. The fourth-order valence-corrected chi connectivity index (χ4v) is 3.82. The maximum absolute atomic E-state index is 12.3. The van der Waals surface area contributed by atoms with Crippen LogP contribution in [0.2, 0.25) is 10.0 Å². The monoisotopic (exact) mass is 554 g/mol. The van der Waals surface area contributed by atoms with Crippen molar-refractivity contribution >= 4 is 40.4 Å². The van der Waals surface area contributed by atoms with Crippen molar-refractivity contribution in [3.8, 4) is 5.75 Å². The van der Waals surface area contributed by atoms with Crippen molar-refractivity contribution in [1.82, 2.24) is 10.2 Å². The van der Waals surface area contributed by atoms with Gasteiger partial charge in [-0.25, -0.2) is 4.99 Å². The zero-order chi connectivity index (χ0) is 29.1. The summed E-state index contributed by atoms with van der Waals surface area (Å²) >= 11 is 13.0. The number of amides is 1. The highest BCUT2D eigenvalue weighted by Gasteiger charge is 2.16. The number of nitrogens with zero attached hydrogens (tertiary/aromatic N) is 2. The van der Waals surface area contributed by atoms with Crippen LogP contribution in [0.15, 0.2) is 46.7 Å². The lowest BCUT2D eigenvalue weighted by Gasteiger charge is -2.19. The van der Waals surface area contributed by atoms with E-state index in [9.17, 15) is 4.79 Å². The van der Waals surface area contributed by atoms with Gasteiger partial charge in [0.05, 0.1) is 5.02 Å². The smallest absolute Gasteiger partial charge is 0.246 e. The maximum atomic E-state index is 12.3. The quantitative estimate of drug-likeness (QED) is 0.159. The topological polar surface area (TPSA) is 79.9 Å². The van der Waals surface area contributed by atoms with Crippen LogP contribution in [-0.2, 0) is 4.79 Å². The van der Waals surface area contributed by atoms with Gasteiger partial charge in [-0.2, -0.15) is 0 Å². The Bertz CT molecular complexity index is 949. The Morgan fingerprint density at radius 2 is 1.65 bits per heavy atom. The molecule has 0 aliphatic carbocycles. The molecule has 0 fully saturated rings. The zero-order valence-corrected chi connectivity index (χ0v) is 26.0. The number of carbonyl (C=O) groups is 1. The van der Waals surface area contributed by atoms with Crippen molar-refractivity contribution in [2.75, 3.05) is 32.8 Å². The van der Waals surface area contributed by atoms with E-state index in [1.54, 1.807) is 19.1 Å². The van der Waals surface area contributed by atoms with Crippen LogP contribution >= 0.6 is 23.2 Å². The molecule has 3 N–H and O–H groups in total. The normalized spacial score (nSPS) is 12.0. The molecular weight excluding hydrogens is 507 g/mol. The predicted octanol–water partition coefficient (Wildman–Crippen LogP) is 7.51. The molecule has 1 amide bonds. The van der Waals surface area contributed by atoms with E-state index in [0.29, 0.717) is 45.8 Å². The molecule has 0 bridgehead atoms. The van der Waals surface area contributed by atoms with Crippen molar-refractivity contribution in [3.63, 3.8) is 0 Å². The molecular formula is C29H48Cl2N4O2. The van der Waals surface area contributed by atoms with Gasteiger partial charge in [-0.15, -0.1) is 0 Å². The molecule has 0 aromatic heterocycles. The van der Waals surface area contributed by atoms with Crippen molar-refractivity contribution in [3.05, 3.63) is 57.4 Å². The van der Waals surface area contributed by atoms with Gasteiger partial charge < -0.3 is 20.7 Å². The molecule has 8 heteroatoms. The molecule has 1 aromatic carbocycles. The third-order valence-electron chi connectivity index (χ3n) is 5.15. The summed E-state index contributed by atoms with van der Waals surface area (Å²) in [7, 11) is 0. The number of nitrogens with two attached hydrogens (primary N) is 1. The lowest BCUT2D eigenvalue weighted by molar-refractivity contribution is -0.117. The molecule has 0 unspecified atom stereocenters. The first-order valence-electron chi connectivity index (χ1n) is 13.1. The Morgan fingerprint density at radius 3 is 2.14 bits per heavy atom. The van der Waals surface area contributed by atoms with E-state index in [1.807, 2.05) is 54.5 Å². The van der Waals surface area contributed by atoms with E-state index < -0.39 is 0 Å². The van der Waals surface area contributed by atoms with Gasteiger partial charge in [0.2, 0.25) is 5.91 Å². The molecule has 0 saturated heterocycles. The van der Waals surface area contributed by atoms with Gasteiger partial charge in [0, 0.05) is 35.0 Å². The SMILES string of the molecule is C=C(N)\N=C(C)/C(/C=C(\C)C(=O)NCC)=C(\C)c1cc(OCCN(CC)CC)c(Cl)cc1Cl.CC.CC. The zero-order valence-electron chi connectivity index (χ0n) is 24.5. The second kappa shape index (κ2) is 20.7. The summed E-state index contributed by atoms with van der Waals surface area (Å²) in [4.78, 5) is 18.9. The highest BCUT2D eigenvalue weighted by Crippen LogP contribution is 2.36. The summed E-state index contributed by atoms with van der Waals surface area (Å²) in [5, 5.41) is 3.70. The van der Waals surface area contributed by atoms with Gasteiger partial charge in [0.15, 0.2) is 0 Å². The molecule has 37 heavy (non-hydrogen) atoms. The Morgan fingerprint density at radius 1 is 1.08 bits per heavy atom. The Balaban J connectivity index is 0. The Kier molecular flexibility index (Phi) is 20.7. The van der Waals surface area contributed by atoms with Gasteiger partial charge in [-0.3, -0.25) is 4.79 Å². The number of nitrogens with one attached hydrogen (secondary N) is 1. The van der Waals surface area contributed by atoms with Crippen molar-refractivity contribution in [2.45, 2.75) is 69.2 Å². The number of carbonyl (C=O) groups excluding carboxylic acids is 1. The van der Waals surface area contributed by atoms with Crippen LogP contribution in [0.5, 0.6) is 5.75 Å². The Hall–Kier alpha value is -2.28. The fraction of sp³-hybridized carbons (Fsp3) is 0.517. The van der Waals surface area contributed by atoms with E-state index in [4.69, 9.17) is 33.7 Å². The average Bonchev–Trinajstić information content (AvgIpc) is 2.87. The largest absolute Gasteiger partial charge is 0.491 e. The summed E-state index contributed by atoms with van der Waals surface area (Å²) in [5.41, 5.74) is 9.10. The lowest BCUT2D eigenvalue weighted by Crippen LogP contribution is -2.27. The number of likely N-dealkylation sites (N-methyl/N-ethyl adjacent to an activating group) is 2. The molecule has 0 radical (unpaired) electrons. The van der Waals surface area contributed by atoms with Crippen LogP contribution in [0.25, 0.3) is 5.57 Å². The molecule has 210 valence electrons. The van der Waals surface area contributed by atoms with Crippen LogP contribution in [0.1, 0.15) is 74.8 Å². The third-order valence-corrected chi connectivity index (χ3v) is 5.75. The van der Waals surface area contributed by atoms with E-state index in [-0.39, 0.29) is 11.7 Å². The highest BCUT2D eigenvalue weighted by molar-refractivity contribution is 6.36. The van der Waals surface area contributed by atoms with Crippen molar-refractivity contribution in [2.24, 2.45) is 10.7 Å². The first-order valence-corrected chi connectivity index (χ1v) is 13.8. The minimum absolute atomic E-state index is 0.162. The molecule has 1 aromatic rings. The number of hydrogen-bond acceptors (Lipinski definition) is 5. The van der Waals surface area contributed by atoms with Crippen molar-refractivity contribution in [1.29, 1.82) is 0 Å². The summed E-state index contributed by atoms with van der Waals surface area (Å²) in [6.45, 7) is 26.9. The van der Waals surface area contributed by atoms with E-state index in [1.165, 1.54) is 0 Å². The second-order valence-corrected chi connectivity index (χ2v) is 8.37. The average molecular weight is 556 g/mol. The number of benzene rings is 1. The van der Waals surface area contributed by atoms with Gasteiger partial charge in [-0.05, 0) is 70.1 Å². The number of aliphatic imine (C=N–C) groups is 1. The molecule has 0 atom stereocenters. The van der Waals surface area contributed by atoms with Gasteiger partial charge in [0.1, 0.15) is 18.2 Å². The Labute approximate surface area is 235 Å². The second-order valence-electron chi connectivity index (χ2n) is 7.55. The summed E-state index contributed by atoms with van der Waals surface area (Å²) in [5.74, 6) is 0.554. The van der Waals surface area contributed by atoms with E-state index in [2.05, 4.69) is 35.6 Å². The first kappa shape index (κ1) is 36.9. The van der Waals surface area contributed by atoms with Gasteiger partial charge in [0.25, 0.3) is 0 Å². The minimum Gasteiger partial charge on any atom is -0.491 e. The number of ether oxygens (including phenoxy) is 1. The molecule has 0 aliphatic rings. The standard InChI is InChI=1S/C25H36Cl2N4O2.2C2H6/c1-8-29-25(32)16(4)13-20(18(6)30-19(7)28)17(5)21-14-24(23(27)15-22(21)26)33-12-11-31(9-2)10-3;2*1-2/h13-15H,7-12,28H2,1-6H3,(H,29,32);2*1-2H3/b16-13+,20-17+,30-18-;;. The highest BCUT2D eigenvalue weighted by atomic mass is 35.5. The number of rotatable bonds is 12. The molecule has 1 rings (SSSR count). The summed E-state index contributed by atoms with van der Waals surface area (Å²) in [6.07, 6.45) is 1.77. The van der Waals surface area contributed by atoms with E-state index >= 15 is 0 Å². The number of hydrogen-bond donors (Lipinski definition) is 2. The van der Waals surface area contributed by atoms with Gasteiger partial charge in [-0.1, -0.05) is 71.3 Å². The molecule has 0 spiro atoms. The first-order chi connectivity index (χ1) is 17.5. The van der Waals surface area contributed by atoms with Crippen molar-refractivity contribution < 1.29 is 9.53 Å². The molecule has 0 aliphatic heterocycles. The van der Waals surface area contributed by atoms with Crippen LogP contribution in [0.4, 0.5) is 0 Å². The van der Waals surface area contributed by atoms with E-state index in [0.717, 1.165) is 30.8 Å². The molecule has 0 heterocycles. The van der Waals surface area contributed by atoms with Crippen LogP contribution in [0.3, 0.4) is 0 Å². The summed E-state index contributed by atoms with van der Waals surface area (Å²) in [6, 6.07) is 3.49. The van der Waals surface area contributed by atoms with Gasteiger partial charge >= 0.3 is 0 Å². The maximum Gasteiger partial charge on any atom is 0.246 e. The van der Waals surface area contributed by atoms with Crippen LogP contribution in [0, 0.1) is 0 Å². The lowest BCUT2D eigenvalue weighted by atomic mass is 9.96. The predicted molar refractivity (Wildman–Crippen MR) is 164 cm³/mol. The molecule has 0 saturated carbocycles. The summed E-state index contributed by atoms with van der Waals surface area (Å²) < 4.78 is 5.97. The van der Waals surface area contributed by atoms with Crippen LogP contribution in [-0.4, -0.2) is 49.3 Å². The number of allylic oxidation sites excluding steroid dienone is 3.